The van der Waals surface area contributed by atoms with E-state index in [1.54, 1.807) is 0 Å². The normalized spacial score (nSPS) is 34.3. The first-order valence-corrected chi connectivity index (χ1v) is 8.41. The Morgan fingerprint density at radius 1 is 0.905 bits per heavy atom. The minimum absolute atomic E-state index is 0.0622. The summed E-state index contributed by atoms with van der Waals surface area (Å²) in [5.74, 6) is -0.893. The van der Waals surface area contributed by atoms with Gasteiger partial charge in [-0.25, -0.2) is 0 Å². The Labute approximate surface area is 126 Å². The number of rotatable bonds is 2. The second-order valence-electron chi connectivity index (χ2n) is 6.87. The fourth-order valence-electron chi connectivity index (χ4n) is 4.30. The molecule has 0 bridgehead atoms. The molecule has 3 fully saturated rings. The molecule has 2 aliphatic heterocycles. The molecule has 1 aliphatic carbocycles. The predicted octanol–water partition coefficient (Wildman–Crippen LogP) is 1.57. The summed E-state index contributed by atoms with van der Waals surface area (Å²) in [6, 6.07) is 0.537. The van der Waals surface area contributed by atoms with Gasteiger partial charge in [-0.3, -0.25) is 14.5 Å². The topological polar surface area (TPSA) is 60.9 Å². The van der Waals surface area contributed by atoms with Crippen molar-refractivity contribution in [1.82, 2.24) is 9.80 Å². The summed E-state index contributed by atoms with van der Waals surface area (Å²) in [5.41, 5.74) is 0. The molecule has 1 N–H and O–H groups in total. The van der Waals surface area contributed by atoms with Crippen molar-refractivity contribution in [2.24, 2.45) is 11.8 Å². The van der Waals surface area contributed by atoms with E-state index in [0.717, 1.165) is 45.3 Å². The van der Waals surface area contributed by atoms with E-state index in [-0.39, 0.29) is 17.7 Å². The van der Waals surface area contributed by atoms with Gasteiger partial charge in [0.1, 0.15) is 0 Å². The number of hydrogen-bond acceptors (Lipinski definition) is 3. The van der Waals surface area contributed by atoms with E-state index in [9.17, 15) is 14.7 Å². The van der Waals surface area contributed by atoms with Crippen LogP contribution in [0.3, 0.4) is 0 Å². The predicted molar refractivity (Wildman–Crippen MR) is 78.9 cm³/mol. The Hall–Kier alpha value is -1.10. The van der Waals surface area contributed by atoms with Crippen molar-refractivity contribution in [3.63, 3.8) is 0 Å². The molecule has 1 saturated carbocycles. The van der Waals surface area contributed by atoms with Gasteiger partial charge in [-0.15, -0.1) is 0 Å². The van der Waals surface area contributed by atoms with Crippen molar-refractivity contribution >= 4 is 11.9 Å². The molecule has 1 amide bonds. The Kier molecular flexibility index (Phi) is 4.48. The lowest BCUT2D eigenvalue weighted by Crippen LogP contribution is -2.43. The van der Waals surface area contributed by atoms with Gasteiger partial charge in [0.15, 0.2) is 0 Å². The van der Waals surface area contributed by atoms with E-state index in [1.165, 1.54) is 19.4 Å². The lowest BCUT2D eigenvalue weighted by atomic mass is 9.80. The van der Waals surface area contributed by atoms with Crippen LogP contribution in [0.2, 0.25) is 0 Å². The van der Waals surface area contributed by atoms with Crippen molar-refractivity contribution in [3.8, 4) is 0 Å². The number of amides is 1. The van der Waals surface area contributed by atoms with Gasteiger partial charge in [-0.05, 0) is 45.1 Å². The van der Waals surface area contributed by atoms with Gasteiger partial charge in [0.25, 0.3) is 0 Å². The number of carboxylic acids is 1. The molecule has 5 nitrogen and oxygen atoms in total. The van der Waals surface area contributed by atoms with Crippen LogP contribution in [0.5, 0.6) is 0 Å². The molecule has 0 spiro atoms. The van der Waals surface area contributed by atoms with Crippen LogP contribution in [0.15, 0.2) is 0 Å². The average molecular weight is 294 g/mol. The molecule has 3 rings (SSSR count). The van der Waals surface area contributed by atoms with Gasteiger partial charge < -0.3 is 10.0 Å². The highest BCUT2D eigenvalue weighted by Crippen LogP contribution is 2.31. The van der Waals surface area contributed by atoms with Gasteiger partial charge in [0.05, 0.1) is 5.92 Å². The van der Waals surface area contributed by atoms with Gasteiger partial charge in [0.2, 0.25) is 5.91 Å². The fraction of sp³-hybridized carbons (Fsp3) is 0.875. The molecule has 3 aliphatic rings. The van der Waals surface area contributed by atoms with Crippen LogP contribution in [-0.4, -0.2) is 59.0 Å². The molecule has 3 atom stereocenters. The molecule has 0 aromatic heterocycles. The van der Waals surface area contributed by atoms with Crippen molar-refractivity contribution < 1.29 is 14.7 Å². The zero-order valence-electron chi connectivity index (χ0n) is 12.7. The quantitative estimate of drug-likeness (QED) is 0.840. The lowest BCUT2D eigenvalue weighted by molar-refractivity contribution is -0.145. The maximum Gasteiger partial charge on any atom is 0.306 e. The summed E-state index contributed by atoms with van der Waals surface area (Å²) in [6.45, 7) is 3.99. The second kappa shape index (κ2) is 6.34. The summed E-state index contributed by atoms with van der Waals surface area (Å²) in [7, 11) is 0. The summed E-state index contributed by atoms with van der Waals surface area (Å²) in [6.07, 6.45) is 6.51. The smallest absolute Gasteiger partial charge is 0.306 e. The number of carbonyl (C=O) groups excluding carboxylic acids is 1. The van der Waals surface area contributed by atoms with Gasteiger partial charge in [-0.2, -0.15) is 0 Å². The van der Waals surface area contributed by atoms with Crippen molar-refractivity contribution in [3.05, 3.63) is 0 Å². The van der Waals surface area contributed by atoms with Gasteiger partial charge in [-0.1, -0.05) is 6.42 Å². The van der Waals surface area contributed by atoms with Crippen LogP contribution in [0.1, 0.15) is 44.9 Å². The van der Waals surface area contributed by atoms with Crippen LogP contribution in [-0.2, 0) is 9.59 Å². The van der Waals surface area contributed by atoms with Crippen LogP contribution < -0.4 is 0 Å². The van der Waals surface area contributed by atoms with E-state index >= 15 is 0 Å². The molecule has 0 aromatic rings. The standard InChI is InChI=1S/C16H26N2O3/c19-15(12-4-1-5-13(10-12)16(20)21)18-9-3-8-17-7-2-6-14(17)11-18/h12-14H,1-11H2,(H,20,21). The summed E-state index contributed by atoms with van der Waals surface area (Å²) < 4.78 is 0. The Morgan fingerprint density at radius 3 is 2.48 bits per heavy atom. The lowest BCUT2D eigenvalue weighted by Gasteiger charge is -2.32. The highest BCUT2D eigenvalue weighted by atomic mass is 16.4. The third-order valence-electron chi connectivity index (χ3n) is 5.49. The summed E-state index contributed by atoms with van der Waals surface area (Å²) in [5, 5.41) is 9.18. The fourth-order valence-corrected chi connectivity index (χ4v) is 4.30. The molecule has 21 heavy (non-hydrogen) atoms. The first kappa shape index (κ1) is 14.8. The highest BCUT2D eigenvalue weighted by Gasteiger charge is 2.36. The van der Waals surface area contributed by atoms with Crippen molar-refractivity contribution in [2.75, 3.05) is 26.2 Å². The monoisotopic (exact) mass is 294 g/mol. The van der Waals surface area contributed by atoms with Crippen LogP contribution >= 0.6 is 0 Å². The molecule has 5 heteroatoms. The maximum atomic E-state index is 12.8. The highest BCUT2D eigenvalue weighted by molar-refractivity contribution is 5.80. The molecule has 3 unspecified atom stereocenters. The van der Waals surface area contributed by atoms with Gasteiger partial charge in [0, 0.05) is 31.6 Å². The minimum atomic E-state index is -0.731. The third kappa shape index (κ3) is 3.23. The van der Waals surface area contributed by atoms with Gasteiger partial charge >= 0.3 is 5.97 Å². The Bertz CT molecular complexity index is 412. The van der Waals surface area contributed by atoms with E-state index < -0.39 is 5.97 Å². The SMILES string of the molecule is O=C(O)C1CCCC(C(=O)N2CCCN3CCCC3C2)C1. The number of hydrogen-bond donors (Lipinski definition) is 1. The Morgan fingerprint density at radius 2 is 1.67 bits per heavy atom. The molecular weight excluding hydrogens is 268 g/mol. The van der Waals surface area contributed by atoms with Crippen LogP contribution in [0.4, 0.5) is 0 Å². The number of aliphatic carboxylic acids is 1. The number of carbonyl (C=O) groups is 2. The molecule has 0 aromatic carbocycles. The largest absolute Gasteiger partial charge is 0.481 e. The van der Waals surface area contributed by atoms with Crippen molar-refractivity contribution in [2.45, 2.75) is 51.0 Å². The second-order valence-corrected chi connectivity index (χ2v) is 6.87. The number of fused-ring (bicyclic) bond motifs is 1. The van der Waals surface area contributed by atoms with E-state index in [2.05, 4.69) is 4.90 Å². The molecule has 0 radical (unpaired) electrons. The molecule has 118 valence electrons. The zero-order chi connectivity index (χ0) is 14.8. The van der Waals surface area contributed by atoms with Crippen LogP contribution in [0.25, 0.3) is 0 Å². The first-order valence-electron chi connectivity index (χ1n) is 8.41. The average Bonchev–Trinajstić information content (AvgIpc) is 2.83. The minimum Gasteiger partial charge on any atom is -0.481 e. The van der Waals surface area contributed by atoms with E-state index in [0.29, 0.717) is 12.5 Å². The molecule has 2 saturated heterocycles. The molecular formula is C16H26N2O3. The first-order chi connectivity index (χ1) is 10.1. The van der Waals surface area contributed by atoms with E-state index in [1.807, 2.05) is 4.90 Å². The zero-order valence-corrected chi connectivity index (χ0v) is 12.7. The third-order valence-corrected chi connectivity index (χ3v) is 5.49. The Balaban J connectivity index is 1.62. The molecule has 2 heterocycles. The van der Waals surface area contributed by atoms with Crippen molar-refractivity contribution in [1.29, 1.82) is 0 Å². The summed E-state index contributed by atoms with van der Waals surface area (Å²) in [4.78, 5) is 28.5. The number of nitrogens with zero attached hydrogens (tertiary/aromatic N) is 2. The van der Waals surface area contributed by atoms with Crippen LogP contribution in [0, 0.1) is 11.8 Å². The van der Waals surface area contributed by atoms with E-state index in [4.69, 9.17) is 0 Å². The summed E-state index contributed by atoms with van der Waals surface area (Å²) >= 11 is 0. The number of carboxylic acid groups (broad SMARTS) is 1. The maximum absolute atomic E-state index is 12.8.